The fraction of sp³-hybridized carbons (Fsp3) is 0.308. The normalized spacial score (nSPS) is 11.9. The van der Waals surface area contributed by atoms with Crippen molar-refractivity contribution in [2.75, 3.05) is 46.6 Å². The van der Waals surface area contributed by atoms with Gasteiger partial charge in [-0.25, -0.2) is 9.37 Å². The minimum Gasteiger partial charge on any atom is -0.494 e. The van der Waals surface area contributed by atoms with E-state index < -0.39 is 19.8 Å². The molecule has 2 aromatic heterocycles. The highest BCUT2D eigenvalue weighted by Crippen LogP contribution is 2.40. The number of carbonyl (C=O) groups excluding carboxylic acids is 1. The Balaban J connectivity index is 1.39. The van der Waals surface area contributed by atoms with E-state index in [-0.39, 0.29) is 49.2 Å². The van der Waals surface area contributed by atoms with Gasteiger partial charge >= 0.3 is 0 Å². The number of nitrogen functional groups attached to an aromatic ring is 1. The van der Waals surface area contributed by atoms with Crippen LogP contribution in [0.3, 0.4) is 0 Å². The van der Waals surface area contributed by atoms with Crippen molar-refractivity contribution in [2.24, 2.45) is 0 Å². The first-order valence-electron chi connectivity index (χ1n) is 12.2. The fourth-order valence-corrected chi connectivity index (χ4v) is 4.77. The molecule has 1 atom stereocenters. The average Bonchev–Trinajstić information content (AvgIpc) is 3.38. The summed E-state index contributed by atoms with van der Waals surface area (Å²) in [6, 6.07) is 9.25. The van der Waals surface area contributed by atoms with Crippen LogP contribution >= 0.6 is 8.38 Å². The number of halogens is 1. The van der Waals surface area contributed by atoms with Crippen LogP contribution in [0.25, 0.3) is 11.2 Å². The number of H-pyrrole nitrogens is 1. The SMILES string of the molecule is COc1ccc(COP(COCCn2cnc3c(=O)[nH]c(N)nc32)OCC(=O)c2ccc(OC)c(OC)c2)cc1F. The van der Waals surface area contributed by atoms with Crippen LogP contribution in [0.2, 0.25) is 0 Å². The summed E-state index contributed by atoms with van der Waals surface area (Å²) in [6.45, 7) is 0.217. The van der Waals surface area contributed by atoms with Crippen LogP contribution in [0, 0.1) is 5.82 Å². The monoisotopic (exact) mass is 589 g/mol. The first-order chi connectivity index (χ1) is 19.8. The summed E-state index contributed by atoms with van der Waals surface area (Å²) in [5, 5.41) is 0. The molecule has 41 heavy (non-hydrogen) atoms. The Morgan fingerprint density at radius 2 is 1.80 bits per heavy atom. The van der Waals surface area contributed by atoms with Gasteiger partial charge in [0, 0.05) is 12.1 Å². The van der Waals surface area contributed by atoms with Gasteiger partial charge in [-0.05, 0) is 35.9 Å². The fourth-order valence-electron chi connectivity index (χ4n) is 3.72. The number of methoxy groups -OCH3 is 3. The second-order valence-electron chi connectivity index (χ2n) is 8.44. The third-order valence-corrected chi connectivity index (χ3v) is 7.03. The van der Waals surface area contributed by atoms with Gasteiger partial charge in [-0.3, -0.25) is 14.6 Å². The molecule has 1 unspecified atom stereocenters. The Kier molecular flexibility index (Phi) is 10.2. The smallest absolute Gasteiger partial charge is 0.280 e. The molecule has 4 aromatic rings. The molecule has 0 saturated heterocycles. The van der Waals surface area contributed by atoms with Gasteiger partial charge in [0.2, 0.25) is 5.95 Å². The van der Waals surface area contributed by atoms with Crippen LogP contribution in [-0.2, 0) is 26.9 Å². The molecule has 0 spiro atoms. The number of nitrogens with two attached hydrogens (primary N) is 1. The molecule has 13 nitrogen and oxygen atoms in total. The number of rotatable bonds is 15. The predicted octanol–water partition coefficient (Wildman–Crippen LogP) is 3.27. The molecule has 0 saturated carbocycles. The van der Waals surface area contributed by atoms with Crippen molar-refractivity contribution in [3.63, 3.8) is 0 Å². The van der Waals surface area contributed by atoms with E-state index in [1.807, 2.05) is 0 Å². The highest BCUT2D eigenvalue weighted by atomic mass is 31.2. The zero-order valence-electron chi connectivity index (χ0n) is 22.6. The van der Waals surface area contributed by atoms with Crippen molar-refractivity contribution < 1.29 is 37.2 Å². The summed E-state index contributed by atoms with van der Waals surface area (Å²) in [5.41, 5.74) is 6.60. The third-order valence-electron chi connectivity index (χ3n) is 5.80. The first-order valence-corrected chi connectivity index (χ1v) is 13.6. The number of aromatic nitrogens is 4. The van der Waals surface area contributed by atoms with Crippen molar-refractivity contribution in [1.29, 1.82) is 0 Å². The minimum atomic E-state index is -1.73. The van der Waals surface area contributed by atoms with Crippen LogP contribution in [-0.4, -0.2) is 66.2 Å². The number of nitrogens with one attached hydrogen (secondary N) is 1. The second-order valence-corrected chi connectivity index (χ2v) is 9.88. The van der Waals surface area contributed by atoms with E-state index >= 15 is 0 Å². The number of benzene rings is 2. The second kappa shape index (κ2) is 14.0. The Bertz CT molecular complexity index is 1560. The number of carbonyl (C=O) groups is 1. The van der Waals surface area contributed by atoms with Crippen molar-refractivity contribution in [3.8, 4) is 17.2 Å². The van der Waals surface area contributed by atoms with Gasteiger partial charge in [-0.15, -0.1) is 0 Å². The van der Waals surface area contributed by atoms with Crippen LogP contribution in [0.4, 0.5) is 10.3 Å². The summed E-state index contributed by atoms with van der Waals surface area (Å²) >= 11 is 0. The van der Waals surface area contributed by atoms with E-state index in [0.29, 0.717) is 34.8 Å². The molecule has 2 aromatic carbocycles. The molecule has 0 aliphatic heterocycles. The molecule has 3 N–H and O–H groups in total. The number of ether oxygens (including phenoxy) is 4. The van der Waals surface area contributed by atoms with Crippen molar-refractivity contribution >= 4 is 31.3 Å². The quantitative estimate of drug-likeness (QED) is 0.119. The number of anilines is 1. The molecule has 0 fully saturated rings. The lowest BCUT2D eigenvalue weighted by Gasteiger charge is -2.18. The Hall–Kier alpha value is -4.10. The number of Topliss-reactive ketones (excluding diaryl/α,β-unsaturated/α-hetero) is 1. The highest BCUT2D eigenvalue weighted by Gasteiger charge is 2.18. The topological polar surface area (TPSA) is 162 Å². The average molecular weight is 590 g/mol. The van der Waals surface area contributed by atoms with Gasteiger partial charge in [0.1, 0.15) is 13.0 Å². The van der Waals surface area contributed by atoms with Crippen LogP contribution in [0.5, 0.6) is 17.2 Å². The van der Waals surface area contributed by atoms with E-state index in [2.05, 4.69) is 15.0 Å². The third kappa shape index (κ3) is 7.55. The van der Waals surface area contributed by atoms with Gasteiger partial charge in [-0.1, -0.05) is 6.07 Å². The van der Waals surface area contributed by atoms with E-state index in [1.165, 1.54) is 39.8 Å². The number of nitrogens with zero attached hydrogens (tertiary/aromatic N) is 3. The number of imidazole rings is 1. The maximum atomic E-state index is 14.1. The summed E-state index contributed by atoms with van der Waals surface area (Å²) in [7, 11) is 2.63. The van der Waals surface area contributed by atoms with E-state index in [4.69, 9.17) is 33.7 Å². The molecule has 0 aliphatic rings. The standard InChI is InChI=1S/C26H29FN5O8P/c1-35-20-6-4-16(10-18(20)27)12-39-41(40-13-19(33)17-5-7-21(36-2)22(11-17)37-3)15-38-9-8-32-14-29-23-24(32)30-26(28)31-25(23)34/h4-7,10-11,14H,8-9,12-13,15H2,1-3H3,(H3,28,30,31,34). The van der Waals surface area contributed by atoms with Crippen LogP contribution in [0.15, 0.2) is 47.5 Å². The molecule has 2 heterocycles. The molecule has 218 valence electrons. The predicted molar refractivity (Wildman–Crippen MR) is 148 cm³/mol. The van der Waals surface area contributed by atoms with E-state index in [1.54, 1.807) is 28.8 Å². The molecule has 15 heteroatoms. The zero-order chi connectivity index (χ0) is 29.4. The number of ketones is 1. The van der Waals surface area contributed by atoms with Crippen molar-refractivity contribution in [1.82, 2.24) is 19.5 Å². The Morgan fingerprint density at radius 1 is 1.05 bits per heavy atom. The Labute approximate surface area is 235 Å². The minimum absolute atomic E-state index is 0.00989. The van der Waals surface area contributed by atoms with Crippen LogP contribution in [0.1, 0.15) is 15.9 Å². The Morgan fingerprint density at radius 3 is 2.54 bits per heavy atom. The zero-order valence-corrected chi connectivity index (χ0v) is 23.5. The highest BCUT2D eigenvalue weighted by molar-refractivity contribution is 7.47. The lowest BCUT2D eigenvalue weighted by atomic mass is 10.1. The number of hydrogen-bond donors (Lipinski definition) is 2. The largest absolute Gasteiger partial charge is 0.494 e. The lowest BCUT2D eigenvalue weighted by Crippen LogP contribution is -2.13. The van der Waals surface area contributed by atoms with Crippen molar-refractivity contribution in [3.05, 3.63) is 70.0 Å². The maximum Gasteiger partial charge on any atom is 0.280 e. The molecule has 0 aliphatic carbocycles. The summed E-state index contributed by atoms with van der Waals surface area (Å²) in [5.74, 6) is 0.150. The van der Waals surface area contributed by atoms with Gasteiger partial charge in [0.15, 0.2) is 48.4 Å². The lowest BCUT2D eigenvalue weighted by molar-refractivity contribution is 0.0896. The molecule has 0 amide bonds. The number of hydrogen-bond acceptors (Lipinski definition) is 11. The molecule has 0 radical (unpaired) electrons. The van der Waals surface area contributed by atoms with Gasteiger partial charge in [-0.2, -0.15) is 4.98 Å². The molecular weight excluding hydrogens is 560 g/mol. The summed E-state index contributed by atoms with van der Waals surface area (Å²) in [6.07, 6.45) is 1.47. The summed E-state index contributed by atoms with van der Waals surface area (Å²) < 4.78 is 48.7. The van der Waals surface area contributed by atoms with Crippen LogP contribution < -0.4 is 25.5 Å². The summed E-state index contributed by atoms with van der Waals surface area (Å²) in [4.78, 5) is 35.4. The van der Waals surface area contributed by atoms with Gasteiger partial charge in [0.05, 0.1) is 40.9 Å². The van der Waals surface area contributed by atoms with Gasteiger partial charge in [0.25, 0.3) is 5.56 Å². The number of aromatic amines is 1. The van der Waals surface area contributed by atoms with E-state index in [0.717, 1.165) is 0 Å². The van der Waals surface area contributed by atoms with Gasteiger partial charge < -0.3 is 38.3 Å². The first kappa shape index (κ1) is 29.9. The molecule has 4 rings (SSSR count). The number of fused-ring (bicyclic) bond motifs is 1. The molecule has 0 bridgehead atoms. The van der Waals surface area contributed by atoms with Crippen molar-refractivity contribution in [2.45, 2.75) is 13.2 Å². The molecular formula is C26H29FN5O8P. The van der Waals surface area contributed by atoms with E-state index in [9.17, 15) is 14.0 Å². The maximum absolute atomic E-state index is 14.1.